The minimum atomic E-state index is -0.457. The molecule has 0 amide bonds. The first-order valence-electron chi connectivity index (χ1n) is 23.2. The Morgan fingerprint density at radius 2 is 0.866 bits per heavy atom. The van der Waals surface area contributed by atoms with Crippen molar-refractivity contribution in [3.8, 4) is 39.1 Å². The van der Waals surface area contributed by atoms with E-state index in [-0.39, 0.29) is 0 Å². The zero-order chi connectivity index (χ0) is 44.3. The molecule has 0 saturated carbocycles. The topological polar surface area (TPSA) is 8.17 Å². The van der Waals surface area contributed by atoms with Crippen molar-refractivity contribution >= 4 is 49.6 Å². The molecule has 1 aliphatic carbocycles. The van der Waals surface area contributed by atoms with Gasteiger partial charge in [-0.2, -0.15) is 0 Å². The number of nitrogens with zero attached hydrogens (tertiary/aromatic N) is 2. The standard InChI is InChI=1S/C65H44N2/c1-5-20-49(21-6-1)65(50-22-7-2-8-23-50)60-31-17-15-30-56(60)59-44-53(39-42-61(59)65)67-63-43-48(38-40-57(63)58-41-37-46-19-13-14-29-55(46)64(58)67)45-33-35-47(36-34-45)54-28-16-18-32-62(54)66(51-24-9-3-10-25-51)52-26-11-4-12-27-52/h1-44H. The molecule has 0 fully saturated rings. The number of fused-ring (bicyclic) bond motifs is 8. The van der Waals surface area contributed by atoms with E-state index in [0.717, 1.165) is 22.7 Å². The van der Waals surface area contributed by atoms with Crippen LogP contribution >= 0.6 is 0 Å². The summed E-state index contributed by atoms with van der Waals surface area (Å²) in [6, 6.07) is 97.9. The summed E-state index contributed by atoms with van der Waals surface area (Å²) in [6.45, 7) is 0. The van der Waals surface area contributed by atoms with Gasteiger partial charge in [-0.1, -0.05) is 218 Å². The highest BCUT2D eigenvalue weighted by Crippen LogP contribution is 2.56. The van der Waals surface area contributed by atoms with E-state index < -0.39 is 5.41 Å². The van der Waals surface area contributed by atoms with Gasteiger partial charge in [0.25, 0.3) is 0 Å². The third-order valence-corrected chi connectivity index (χ3v) is 14.1. The molecule has 13 rings (SSSR count). The first-order chi connectivity index (χ1) is 33.3. The lowest BCUT2D eigenvalue weighted by molar-refractivity contribution is 0.768. The summed E-state index contributed by atoms with van der Waals surface area (Å²) in [5, 5.41) is 4.95. The second-order valence-corrected chi connectivity index (χ2v) is 17.6. The van der Waals surface area contributed by atoms with Crippen molar-refractivity contribution < 1.29 is 0 Å². The summed E-state index contributed by atoms with van der Waals surface area (Å²) in [4.78, 5) is 2.35. The van der Waals surface area contributed by atoms with Crippen molar-refractivity contribution in [1.82, 2.24) is 4.57 Å². The molecule has 2 heteroatoms. The van der Waals surface area contributed by atoms with E-state index in [1.807, 2.05) is 0 Å². The predicted molar refractivity (Wildman–Crippen MR) is 281 cm³/mol. The fraction of sp³-hybridized carbons (Fsp3) is 0.0154. The van der Waals surface area contributed by atoms with Gasteiger partial charge in [0.15, 0.2) is 0 Å². The average Bonchev–Trinajstić information content (AvgIpc) is 3.90. The zero-order valence-electron chi connectivity index (χ0n) is 36.8. The second-order valence-electron chi connectivity index (χ2n) is 17.6. The summed E-state index contributed by atoms with van der Waals surface area (Å²) in [5.74, 6) is 0. The molecule has 0 atom stereocenters. The Morgan fingerprint density at radius 3 is 1.57 bits per heavy atom. The van der Waals surface area contributed by atoms with Crippen molar-refractivity contribution in [3.05, 3.63) is 289 Å². The van der Waals surface area contributed by atoms with Crippen molar-refractivity contribution in [1.29, 1.82) is 0 Å². The highest BCUT2D eigenvalue weighted by molar-refractivity contribution is 6.19. The largest absolute Gasteiger partial charge is 0.310 e. The Balaban J connectivity index is 0.978. The summed E-state index contributed by atoms with van der Waals surface area (Å²) >= 11 is 0. The molecule has 0 radical (unpaired) electrons. The molecule has 12 aromatic rings. The van der Waals surface area contributed by atoms with Crippen LogP contribution in [0.1, 0.15) is 22.3 Å². The Bertz CT molecular complexity index is 3700. The lowest BCUT2D eigenvalue weighted by atomic mass is 9.68. The van der Waals surface area contributed by atoms with Crippen molar-refractivity contribution in [3.63, 3.8) is 0 Å². The van der Waals surface area contributed by atoms with Gasteiger partial charge in [-0.25, -0.2) is 0 Å². The second kappa shape index (κ2) is 15.8. The quantitative estimate of drug-likeness (QED) is 0.148. The SMILES string of the molecule is c1ccc(N(c2ccccc2)c2ccccc2-c2ccc(-c3ccc4c5ccc6ccccc6c5n(-c5ccc6c(c5)-c5ccccc5C6(c5ccccc5)c5ccccc5)c4c3)cc2)cc1. The maximum absolute atomic E-state index is 2.52. The van der Waals surface area contributed by atoms with Gasteiger partial charge in [0.2, 0.25) is 0 Å². The van der Waals surface area contributed by atoms with Crippen LogP contribution in [0.3, 0.4) is 0 Å². The monoisotopic (exact) mass is 852 g/mol. The van der Waals surface area contributed by atoms with Crippen molar-refractivity contribution in [2.24, 2.45) is 0 Å². The molecule has 0 spiro atoms. The van der Waals surface area contributed by atoms with Crippen LogP contribution in [-0.4, -0.2) is 4.57 Å². The summed E-state index contributed by atoms with van der Waals surface area (Å²) in [5.41, 5.74) is 18.8. The van der Waals surface area contributed by atoms with Gasteiger partial charge in [-0.15, -0.1) is 0 Å². The summed E-state index contributed by atoms with van der Waals surface area (Å²) in [7, 11) is 0. The molecule has 0 N–H and O–H groups in total. The number of benzene rings is 11. The van der Waals surface area contributed by atoms with Gasteiger partial charge >= 0.3 is 0 Å². The molecular formula is C65H44N2. The van der Waals surface area contributed by atoms with E-state index in [0.29, 0.717) is 0 Å². The molecular weight excluding hydrogens is 809 g/mol. The number of para-hydroxylation sites is 3. The van der Waals surface area contributed by atoms with Crippen molar-refractivity contribution in [2.45, 2.75) is 5.41 Å². The van der Waals surface area contributed by atoms with Gasteiger partial charge in [-0.3, -0.25) is 0 Å². The maximum Gasteiger partial charge on any atom is 0.0713 e. The molecule has 0 saturated heterocycles. The fourth-order valence-electron chi connectivity index (χ4n) is 11.1. The van der Waals surface area contributed by atoms with E-state index in [4.69, 9.17) is 0 Å². The lowest BCUT2D eigenvalue weighted by Crippen LogP contribution is -2.28. The predicted octanol–water partition coefficient (Wildman–Crippen LogP) is 17.1. The van der Waals surface area contributed by atoms with Gasteiger partial charge in [0.05, 0.1) is 22.1 Å². The molecule has 1 aliphatic rings. The number of hydrogen-bond donors (Lipinski definition) is 0. The minimum Gasteiger partial charge on any atom is -0.310 e. The normalized spacial score (nSPS) is 12.6. The fourth-order valence-corrected chi connectivity index (χ4v) is 11.1. The third kappa shape index (κ3) is 6.11. The molecule has 1 heterocycles. The van der Waals surface area contributed by atoms with E-state index >= 15 is 0 Å². The summed E-state index contributed by atoms with van der Waals surface area (Å²) < 4.78 is 2.52. The Kier molecular flexibility index (Phi) is 9.11. The van der Waals surface area contributed by atoms with E-state index in [1.165, 1.54) is 88.2 Å². The number of hydrogen-bond acceptors (Lipinski definition) is 1. The van der Waals surface area contributed by atoms with E-state index in [9.17, 15) is 0 Å². The average molecular weight is 853 g/mol. The third-order valence-electron chi connectivity index (χ3n) is 14.1. The first-order valence-corrected chi connectivity index (χ1v) is 23.2. The highest BCUT2D eigenvalue weighted by Gasteiger charge is 2.46. The van der Waals surface area contributed by atoms with E-state index in [1.54, 1.807) is 0 Å². The lowest BCUT2D eigenvalue weighted by Gasteiger charge is -2.33. The van der Waals surface area contributed by atoms with Gasteiger partial charge in [0.1, 0.15) is 0 Å². The van der Waals surface area contributed by atoms with Gasteiger partial charge < -0.3 is 9.47 Å². The first kappa shape index (κ1) is 38.7. The molecule has 0 unspecified atom stereocenters. The summed E-state index contributed by atoms with van der Waals surface area (Å²) in [6.07, 6.45) is 0. The number of anilines is 3. The molecule has 11 aromatic carbocycles. The molecule has 2 nitrogen and oxygen atoms in total. The Hall–Kier alpha value is -8.72. The van der Waals surface area contributed by atoms with Gasteiger partial charge in [-0.05, 0) is 104 Å². The maximum atomic E-state index is 2.52. The minimum absolute atomic E-state index is 0.457. The van der Waals surface area contributed by atoms with Crippen LogP contribution in [0.2, 0.25) is 0 Å². The van der Waals surface area contributed by atoms with Crippen LogP contribution in [0.4, 0.5) is 17.1 Å². The number of aromatic nitrogens is 1. The molecule has 0 bridgehead atoms. The Morgan fingerprint density at radius 1 is 0.328 bits per heavy atom. The molecule has 0 aliphatic heterocycles. The highest BCUT2D eigenvalue weighted by atomic mass is 15.1. The van der Waals surface area contributed by atoms with Gasteiger partial charge in [0, 0.05) is 38.8 Å². The van der Waals surface area contributed by atoms with Crippen LogP contribution < -0.4 is 4.90 Å². The Labute approximate surface area is 390 Å². The van der Waals surface area contributed by atoms with E-state index in [2.05, 4.69) is 276 Å². The smallest absolute Gasteiger partial charge is 0.0713 e. The molecule has 67 heavy (non-hydrogen) atoms. The number of rotatable bonds is 8. The van der Waals surface area contributed by atoms with Crippen LogP contribution in [0.5, 0.6) is 0 Å². The molecule has 314 valence electrons. The van der Waals surface area contributed by atoms with Crippen LogP contribution in [0.25, 0.3) is 71.6 Å². The molecule has 1 aromatic heterocycles. The van der Waals surface area contributed by atoms with Crippen molar-refractivity contribution in [2.75, 3.05) is 4.90 Å². The van der Waals surface area contributed by atoms with Crippen LogP contribution in [-0.2, 0) is 5.41 Å². The van der Waals surface area contributed by atoms with Crippen LogP contribution in [0.15, 0.2) is 267 Å². The zero-order valence-corrected chi connectivity index (χ0v) is 36.8. The van der Waals surface area contributed by atoms with Crippen LogP contribution in [0, 0.1) is 0 Å².